The van der Waals surface area contributed by atoms with Crippen LogP contribution in [0.25, 0.3) is 10.9 Å². The zero-order valence-electron chi connectivity index (χ0n) is 18.1. The largest absolute Gasteiger partial charge is 0.497 e. The number of unbranched alkanes of at least 4 members (excludes halogenated alkanes) is 2. The fourth-order valence-electron chi connectivity index (χ4n) is 3.36. The van der Waals surface area contributed by atoms with Gasteiger partial charge in [-0.3, -0.25) is 4.79 Å². The lowest BCUT2D eigenvalue weighted by Gasteiger charge is -2.19. The standard InChI is InChI=1S/C25H31NO4/c1-4-6-15-26-22-17-20(28-3)13-14-21(22)23(29-16-7-5-2)24(25(26)27)30-18-19-11-9-8-10-12-19/h8-14,17H,4-7,15-16,18H2,1-3H3. The van der Waals surface area contributed by atoms with Gasteiger partial charge in [0.25, 0.3) is 5.56 Å². The van der Waals surface area contributed by atoms with Crippen LogP contribution in [-0.2, 0) is 13.2 Å². The van der Waals surface area contributed by atoms with Crippen molar-refractivity contribution in [3.8, 4) is 17.2 Å². The Balaban J connectivity index is 2.13. The Bertz CT molecular complexity index is 1010. The van der Waals surface area contributed by atoms with Gasteiger partial charge in [-0.1, -0.05) is 57.0 Å². The van der Waals surface area contributed by atoms with Crippen LogP contribution < -0.4 is 19.8 Å². The van der Waals surface area contributed by atoms with Crippen LogP contribution in [0, 0.1) is 0 Å². The third-order valence-corrected chi connectivity index (χ3v) is 5.09. The molecule has 30 heavy (non-hydrogen) atoms. The number of hydrogen-bond donors (Lipinski definition) is 0. The van der Waals surface area contributed by atoms with Gasteiger partial charge in [-0.15, -0.1) is 0 Å². The van der Waals surface area contributed by atoms with Crippen LogP contribution in [0.4, 0.5) is 0 Å². The average molecular weight is 410 g/mol. The van der Waals surface area contributed by atoms with Gasteiger partial charge in [-0.25, -0.2) is 0 Å². The first-order valence-corrected chi connectivity index (χ1v) is 10.7. The fourth-order valence-corrected chi connectivity index (χ4v) is 3.36. The minimum atomic E-state index is -0.161. The first kappa shape index (κ1) is 21.8. The molecule has 1 aromatic heterocycles. The molecule has 0 saturated heterocycles. The van der Waals surface area contributed by atoms with E-state index in [-0.39, 0.29) is 11.3 Å². The lowest BCUT2D eigenvalue weighted by molar-refractivity contribution is 0.256. The van der Waals surface area contributed by atoms with E-state index in [0.29, 0.717) is 31.3 Å². The second kappa shape index (κ2) is 10.7. The first-order chi connectivity index (χ1) is 14.7. The minimum Gasteiger partial charge on any atom is -0.497 e. The molecule has 3 rings (SSSR count). The molecule has 0 N–H and O–H groups in total. The van der Waals surface area contributed by atoms with Crippen molar-refractivity contribution in [2.45, 2.75) is 52.7 Å². The van der Waals surface area contributed by atoms with E-state index in [1.54, 1.807) is 11.7 Å². The molecule has 5 heteroatoms. The zero-order chi connectivity index (χ0) is 21.3. The van der Waals surface area contributed by atoms with Gasteiger partial charge in [0.15, 0.2) is 5.75 Å². The average Bonchev–Trinajstić information content (AvgIpc) is 2.78. The molecule has 2 aromatic carbocycles. The Morgan fingerprint density at radius 2 is 1.67 bits per heavy atom. The predicted molar refractivity (Wildman–Crippen MR) is 121 cm³/mol. The van der Waals surface area contributed by atoms with Crippen molar-refractivity contribution >= 4 is 10.9 Å². The molecule has 0 fully saturated rings. The third-order valence-electron chi connectivity index (χ3n) is 5.09. The van der Waals surface area contributed by atoms with Gasteiger partial charge in [-0.05, 0) is 30.5 Å². The Labute approximate surface area is 178 Å². The molecule has 160 valence electrons. The molecule has 5 nitrogen and oxygen atoms in total. The van der Waals surface area contributed by atoms with Crippen molar-refractivity contribution in [2.75, 3.05) is 13.7 Å². The normalized spacial score (nSPS) is 10.9. The molecule has 0 atom stereocenters. The number of pyridine rings is 1. The van der Waals surface area contributed by atoms with E-state index in [1.165, 1.54) is 0 Å². The van der Waals surface area contributed by atoms with E-state index in [1.807, 2.05) is 48.5 Å². The molecule has 0 unspecified atom stereocenters. The van der Waals surface area contributed by atoms with Crippen molar-refractivity contribution in [2.24, 2.45) is 0 Å². The summed E-state index contributed by atoms with van der Waals surface area (Å²) in [6.07, 6.45) is 3.82. The maximum absolute atomic E-state index is 13.5. The maximum atomic E-state index is 13.5. The van der Waals surface area contributed by atoms with Crippen LogP contribution in [0.3, 0.4) is 0 Å². The van der Waals surface area contributed by atoms with Gasteiger partial charge in [-0.2, -0.15) is 0 Å². The Morgan fingerprint density at radius 1 is 0.900 bits per heavy atom. The van der Waals surface area contributed by atoms with E-state index < -0.39 is 0 Å². The van der Waals surface area contributed by atoms with Gasteiger partial charge in [0.2, 0.25) is 5.75 Å². The van der Waals surface area contributed by atoms with Gasteiger partial charge < -0.3 is 18.8 Å². The van der Waals surface area contributed by atoms with Crippen LogP contribution >= 0.6 is 0 Å². The highest BCUT2D eigenvalue weighted by atomic mass is 16.5. The number of rotatable bonds is 11. The number of ether oxygens (including phenoxy) is 3. The Kier molecular flexibility index (Phi) is 7.77. The van der Waals surface area contributed by atoms with E-state index in [0.717, 1.165) is 42.1 Å². The molecule has 1 heterocycles. The lowest BCUT2D eigenvalue weighted by atomic mass is 10.1. The van der Waals surface area contributed by atoms with Gasteiger partial charge >= 0.3 is 0 Å². The van der Waals surface area contributed by atoms with Crippen LogP contribution in [0.2, 0.25) is 0 Å². The summed E-state index contributed by atoms with van der Waals surface area (Å²) < 4.78 is 19.4. The molecule has 0 aliphatic carbocycles. The summed E-state index contributed by atoms with van der Waals surface area (Å²) in [6.45, 7) is 5.70. The highest BCUT2D eigenvalue weighted by molar-refractivity contribution is 5.89. The molecule has 0 aliphatic heterocycles. The summed E-state index contributed by atoms with van der Waals surface area (Å²) in [5.41, 5.74) is 1.66. The van der Waals surface area contributed by atoms with Gasteiger partial charge in [0, 0.05) is 18.0 Å². The summed E-state index contributed by atoms with van der Waals surface area (Å²) >= 11 is 0. The lowest BCUT2D eigenvalue weighted by Crippen LogP contribution is -2.24. The quantitative estimate of drug-likeness (QED) is 0.389. The highest BCUT2D eigenvalue weighted by Crippen LogP contribution is 2.35. The number of aromatic nitrogens is 1. The topological polar surface area (TPSA) is 49.7 Å². The Morgan fingerprint density at radius 3 is 2.37 bits per heavy atom. The molecule has 0 amide bonds. The fraction of sp³-hybridized carbons (Fsp3) is 0.400. The maximum Gasteiger partial charge on any atom is 0.297 e. The summed E-state index contributed by atoms with van der Waals surface area (Å²) in [5, 5.41) is 0.866. The molecular weight excluding hydrogens is 378 g/mol. The molecule has 0 saturated carbocycles. The van der Waals surface area contributed by atoms with Gasteiger partial charge in [0.05, 0.1) is 19.2 Å². The Hall–Kier alpha value is -2.95. The van der Waals surface area contributed by atoms with Crippen LogP contribution in [0.5, 0.6) is 17.2 Å². The van der Waals surface area contributed by atoms with Crippen molar-refractivity contribution in [3.05, 3.63) is 64.4 Å². The monoisotopic (exact) mass is 409 g/mol. The van der Waals surface area contributed by atoms with Crippen molar-refractivity contribution < 1.29 is 14.2 Å². The molecule has 0 aliphatic rings. The highest BCUT2D eigenvalue weighted by Gasteiger charge is 2.20. The van der Waals surface area contributed by atoms with Crippen molar-refractivity contribution in [3.63, 3.8) is 0 Å². The van der Waals surface area contributed by atoms with Crippen LogP contribution in [0.1, 0.15) is 45.1 Å². The minimum absolute atomic E-state index is 0.161. The molecule has 0 radical (unpaired) electrons. The van der Waals surface area contributed by atoms with E-state index in [9.17, 15) is 4.79 Å². The smallest absolute Gasteiger partial charge is 0.297 e. The number of benzene rings is 2. The summed E-state index contributed by atoms with van der Waals surface area (Å²) in [4.78, 5) is 13.5. The van der Waals surface area contributed by atoms with Gasteiger partial charge in [0.1, 0.15) is 12.4 Å². The molecule has 0 spiro atoms. The summed E-state index contributed by atoms with van der Waals surface area (Å²) in [6, 6.07) is 15.6. The predicted octanol–water partition coefficient (Wildman–Crippen LogP) is 5.57. The number of methoxy groups -OCH3 is 1. The summed E-state index contributed by atoms with van der Waals surface area (Å²) in [5.74, 6) is 1.52. The second-order valence-electron chi connectivity index (χ2n) is 7.33. The van der Waals surface area contributed by atoms with E-state index >= 15 is 0 Å². The van der Waals surface area contributed by atoms with E-state index in [2.05, 4.69) is 13.8 Å². The molecule has 3 aromatic rings. The second-order valence-corrected chi connectivity index (χ2v) is 7.33. The summed E-state index contributed by atoms with van der Waals surface area (Å²) in [7, 11) is 1.63. The SMILES string of the molecule is CCCCOc1c(OCc2ccccc2)c(=O)n(CCCC)c2cc(OC)ccc12. The number of fused-ring (bicyclic) bond motifs is 1. The molecular formula is C25H31NO4. The molecule has 0 bridgehead atoms. The van der Waals surface area contributed by atoms with Crippen molar-refractivity contribution in [1.82, 2.24) is 4.57 Å². The van der Waals surface area contributed by atoms with Crippen LogP contribution in [0.15, 0.2) is 53.3 Å². The number of nitrogens with zero attached hydrogens (tertiary/aromatic N) is 1. The van der Waals surface area contributed by atoms with Crippen LogP contribution in [-0.4, -0.2) is 18.3 Å². The third kappa shape index (κ3) is 4.96. The number of hydrogen-bond acceptors (Lipinski definition) is 4. The number of aryl methyl sites for hydroxylation is 1. The zero-order valence-corrected chi connectivity index (χ0v) is 18.1. The van der Waals surface area contributed by atoms with Crippen molar-refractivity contribution in [1.29, 1.82) is 0 Å². The van der Waals surface area contributed by atoms with E-state index in [4.69, 9.17) is 14.2 Å². The first-order valence-electron chi connectivity index (χ1n) is 10.7.